The number of imide groups is 1. The molecule has 12 nitrogen and oxygen atoms in total. The smallest absolute Gasteiger partial charge is 0.397 e. The van der Waals surface area contributed by atoms with Gasteiger partial charge in [0.1, 0.15) is 16.2 Å². The van der Waals surface area contributed by atoms with Gasteiger partial charge >= 0.3 is 23.8 Å². The summed E-state index contributed by atoms with van der Waals surface area (Å²) in [6, 6.07) is 3.72. The summed E-state index contributed by atoms with van der Waals surface area (Å²) in [6.07, 6.45) is -0.620. The van der Waals surface area contributed by atoms with Crippen molar-refractivity contribution in [2.45, 2.75) is 71.9 Å². The molecule has 0 saturated carbocycles. The first-order chi connectivity index (χ1) is 18.9. The Morgan fingerprint density at radius 2 is 1.66 bits per heavy atom. The molecule has 1 unspecified atom stereocenters. The van der Waals surface area contributed by atoms with Crippen LogP contribution in [0.15, 0.2) is 18.2 Å². The summed E-state index contributed by atoms with van der Waals surface area (Å²) in [5.41, 5.74) is -1.25. The van der Waals surface area contributed by atoms with Crippen molar-refractivity contribution in [3.8, 4) is 0 Å². The summed E-state index contributed by atoms with van der Waals surface area (Å²) < 4.78 is 16.6. The topological polar surface area (TPSA) is 166 Å². The van der Waals surface area contributed by atoms with Gasteiger partial charge in [-0.15, -0.1) is 11.3 Å². The minimum Gasteiger partial charge on any atom is -0.478 e. The highest BCUT2D eigenvalue weighted by Crippen LogP contribution is 2.39. The maximum absolute atomic E-state index is 13.3. The van der Waals surface area contributed by atoms with Gasteiger partial charge in [-0.25, -0.2) is 14.4 Å². The van der Waals surface area contributed by atoms with Crippen molar-refractivity contribution in [1.29, 1.82) is 0 Å². The summed E-state index contributed by atoms with van der Waals surface area (Å²) in [4.78, 5) is 77.1. The number of ether oxygens (including phenoxy) is 3. The SMILES string of the molecule is CC(C)(C)OC(=O)C(=O)Nc1sc2c(c1C(=O)OC(C)(C)C)CC(CN1C(=O)c3ccc(C(=O)O)cc3C1=O)OC2. The van der Waals surface area contributed by atoms with Crippen molar-refractivity contribution in [3.05, 3.63) is 50.9 Å². The van der Waals surface area contributed by atoms with E-state index in [1.807, 2.05) is 0 Å². The van der Waals surface area contributed by atoms with Gasteiger partial charge in [0.25, 0.3) is 11.8 Å². The number of fused-ring (bicyclic) bond motifs is 2. The van der Waals surface area contributed by atoms with Crippen LogP contribution in [0.5, 0.6) is 0 Å². The third-order valence-electron chi connectivity index (χ3n) is 5.99. The highest BCUT2D eigenvalue weighted by atomic mass is 32.1. The predicted octanol–water partition coefficient (Wildman–Crippen LogP) is 3.42. The van der Waals surface area contributed by atoms with E-state index in [4.69, 9.17) is 14.2 Å². The normalized spacial score (nSPS) is 16.6. The lowest BCUT2D eigenvalue weighted by Crippen LogP contribution is -2.40. The Morgan fingerprint density at radius 3 is 2.27 bits per heavy atom. The van der Waals surface area contributed by atoms with Gasteiger partial charge in [0.2, 0.25) is 0 Å². The fourth-order valence-electron chi connectivity index (χ4n) is 4.35. The van der Waals surface area contributed by atoms with Gasteiger partial charge in [0.15, 0.2) is 0 Å². The van der Waals surface area contributed by atoms with Crippen LogP contribution in [0.4, 0.5) is 5.00 Å². The van der Waals surface area contributed by atoms with E-state index in [9.17, 15) is 33.9 Å². The van der Waals surface area contributed by atoms with Crippen molar-refractivity contribution in [2.75, 3.05) is 11.9 Å². The van der Waals surface area contributed by atoms with Crippen LogP contribution in [0.1, 0.15) is 93.4 Å². The molecular weight excluding hydrogens is 556 g/mol. The number of carboxylic acids is 1. The second-order valence-electron chi connectivity index (χ2n) is 11.6. The number of carboxylic acid groups (broad SMARTS) is 1. The lowest BCUT2D eigenvalue weighted by atomic mass is 10.00. The first-order valence-corrected chi connectivity index (χ1v) is 13.5. The molecule has 2 N–H and O–H groups in total. The molecule has 0 aliphatic carbocycles. The van der Waals surface area contributed by atoms with Crippen molar-refractivity contribution >= 4 is 52.0 Å². The molecule has 0 spiro atoms. The average molecular weight is 587 g/mol. The van der Waals surface area contributed by atoms with Gasteiger partial charge in [-0.2, -0.15) is 0 Å². The zero-order valence-electron chi connectivity index (χ0n) is 23.4. The number of amides is 3. The number of nitrogens with zero attached hydrogens (tertiary/aromatic N) is 1. The fourth-order valence-corrected chi connectivity index (χ4v) is 5.48. The molecule has 1 aromatic heterocycles. The maximum Gasteiger partial charge on any atom is 0.397 e. The number of esters is 2. The van der Waals surface area contributed by atoms with E-state index in [0.717, 1.165) is 22.3 Å². The lowest BCUT2D eigenvalue weighted by molar-refractivity contribution is -0.161. The minimum absolute atomic E-state index is 0.00903. The molecule has 1 atom stereocenters. The van der Waals surface area contributed by atoms with Crippen LogP contribution in [-0.4, -0.2) is 69.5 Å². The molecule has 2 aliphatic rings. The van der Waals surface area contributed by atoms with Crippen LogP contribution < -0.4 is 5.32 Å². The van der Waals surface area contributed by atoms with Gasteiger partial charge < -0.3 is 24.6 Å². The van der Waals surface area contributed by atoms with Crippen molar-refractivity contribution in [2.24, 2.45) is 0 Å². The van der Waals surface area contributed by atoms with Crippen molar-refractivity contribution in [1.82, 2.24) is 4.90 Å². The number of anilines is 1. The number of carbonyl (C=O) groups is 6. The Hall–Kier alpha value is -4.10. The molecule has 1 aromatic carbocycles. The first-order valence-electron chi connectivity index (χ1n) is 12.7. The summed E-state index contributed by atoms with van der Waals surface area (Å²) >= 11 is 1.05. The van der Waals surface area contributed by atoms with Gasteiger partial charge in [0.05, 0.1) is 41.5 Å². The minimum atomic E-state index is -1.23. The van der Waals surface area contributed by atoms with Gasteiger partial charge in [-0.1, -0.05) is 0 Å². The van der Waals surface area contributed by atoms with Crippen LogP contribution in [0.3, 0.4) is 0 Å². The number of thiophene rings is 1. The second kappa shape index (κ2) is 10.7. The number of rotatable bonds is 5. The highest BCUT2D eigenvalue weighted by Gasteiger charge is 2.40. The number of hydrogen-bond acceptors (Lipinski definition) is 10. The number of aromatic carboxylic acids is 1. The van der Waals surface area contributed by atoms with E-state index in [2.05, 4.69) is 5.32 Å². The van der Waals surface area contributed by atoms with Gasteiger partial charge in [-0.05, 0) is 65.3 Å². The number of nitrogens with one attached hydrogen (secondary N) is 1. The summed E-state index contributed by atoms with van der Waals surface area (Å²) in [5.74, 6) is -5.37. The van der Waals surface area contributed by atoms with Crippen molar-refractivity contribution < 1.29 is 48.1 Å². The Balaban J connectivity index is 1.60. The van der Waals surface area contributed by atoms with Crippen LogP contribution in [0.25, 0.3) is 0 Å². The highest BCUT2D eigenvalue weighted by molar-refractivity contribution is 7.17. The van der Waals surface area contributed by atoms with Crippen LogP contribution >= 0.6 is 11.3 Å². The molecule has 13 heteroatoms. The average Bonchev–Trinajstić information content (AvgIpc) is 3.31. The van der Waals surface area contributed by atoms with Crippen LogP contribution in [-0.2, 0) is 36.8 Å². The fraction of sp³-hybridized carbons (Fsp3) is 0.429. The maximum atomic E-state index is 13.3. The first kappa shape index (κ1) is 29.9. The molecule has 218 valence electrons. The zero-order chi connectivity index (χ0) is 30.4. The van der Waals surface area contributed by atoms with Gasteiger partial charge in [0, 0.05) is 11.3 Å². The third kappa shape index (κ3) is 6.46. The molecule has 0 fully saturated rings. The Kier molecular flexibility index (Phi) is 7.80. The molecular formula is C28H30N2O10S. The zero-order valence-corrected chi connectivity index (χ0v) is 24.2. The number of benzene rings is 1. The lowest BCUT2D eigenvalue weighted by Gasteiger charge is -2.27. The van der Waals surface area contributed by atoms with Crippen LogP contribution in [0, 0.1) is 0 Å². The summed E-state index contributed by atoms with van der Waals surface area (Å²) in [7, 11) is 0. The third-order valence-corrected chi connectivity index (χ3v) is 7.11. The molecule has 2 aromatic rings. The van der Waals surface area contributed by atoms with E-state index >= 15 is 0 Å². The van der Waals surface area contributed by atoms with Gasteiger partial charge in [-0.3, -0.25) is 19.3 Å². The van der Waals surface area contributed by atoms with E-state index in [-0.39, 0.29) is 46.8 Å². The molecule has 2 aliphatic heterocycles. The number of hydrogen-bond donors (Lipinski definition) is 2. The monoisotopic (exact) mass is 586 g/mol. The summed E-state index contributed by atoms with van der Waals surface area (Å²) in [5, 5.41) is 11.8. The molecule has 0 saturated heterocycles. The van der Waals surface area contributed by atoms with E-state index in [1.165, 1.54) is 12.1 Å². The van der Waals surface area contributed by atoms with E-state index in [0.29, 0.717) is 10.4 Å². The summed E-state index contributed by atoms with van der Waals surface area (Å²) in [6.45, 7) is 9.76. The molecule has 4 rings (SSSR count). The molecule has 41 heavy (non-hydrogen) atoms. The quantitative estimate of drug-likeness (QED) is 0.301. The Morgan fingerprint density at radius 1 is 1.02 bits per heavy atom. The molecule has 3 heterocycles. The van der Waals surface area contributed by atoms with Crippen molar-refractivity contribution in [3.63, 3.8) is 0 Å². The second-order valence-corrected chi connectivity index (χ2v) is 12.7. The molecule has 0 bridgehead atoms. The van der Waals surface area contributed by atoms with E-state index in [1.54, 1.807) is 41.5 Å². The Bertz CT molecular complexity index is 1480. The molecule has 0 radical (unpaired) electrons. The number of carbonyl (C=O) groups excluding carboxylic acids is 5. The predicted molar refractivity (Wildman–Crippen MR) is 145 cm³/mol. The van der Waals surface area contributed by atoms with E-state index < -0.39 is 52.9 Å². The largest absolute Gasteiger partial charge is 0.478 e. The van der Waals surface area contributed by atoms with Crippen LogP contribution in [0.2, 0.25) is 0 Å². The standard InChI is InChI=1S/C28H30N2O10S/c1-27(2,3)39-25(36)19-17-10-14(11-30-22(32)15-8-7-13(24(34)35)9-16(15)23(30)33)38-12-18(17)41-21(19)29-20(31)26(37)40-28(4,5)6/h7-9,14H,10-12H2,1-6H3,(H,29,31)(H,34,35). The molecule has 3 amide bonds. The Labute approximate surface area is 239 Å².